The monoisotopic (exact) mass is 653 g/mol. The lowest BCUT2D eigenvalue weighted by Crippen LogP contribution is -2.36. The average molecular weight is 655 g/mol. The number of pyridine rings is 2. The summed E-state index contributed by atoms with van der Waals surface area (Å²) in [5, 5.41) is 5.93. The lowest BCUT2D eigenvalue weighted by atomic mass is 9.94. The molecule has 0 aliphatic carbocycles. The molecule has 4 aromatic rings. The quantitative estimate of drug-likeness (QED) is 0.249. The lowest BCUT2D eigenvalue weighted by molar-refractivity contribution is -0.124. The van der Waals surface area contributed by atoms with E-state index in [0.717, 1.165) is 22.9 Å². The number of carbonyl (C=O) groups is 1. The van der Waals surface area contributed by atoms with Gasteiger partial charge in [0.25, 0.3) is 5.56 Å². The third kappa shape index (κ3) is 7.78. The van der Waals surface area contributed by atoms with Crippen LogP contribution in [0.25, 0.3) is 0 Å². The second-order valence-electron chi connectivity index (χ2n) is 9.89. The summed E-state index contributed by atoms with van der Waals surface area (Å²) in [6.07, 6.45) is 4.22. The third-order valence-electron chi connectivity index (χ3n) is 7.13. The Morgan fingerprint density at radius 1 is 1.07 bits per heavy atom. The number of aromatic nitrogens is 4. The number of nitrogens with one attached hydrogen (secondary N) is 2. The zero-order chi connectivity index (χ0) is 28.4. The highest BCUT2D eigenvalue weighted by Gasteiger charge is 2.31. The average Bonchev–Trinajstić information content (AvgIpc) is 3.36. The fourth-order valence-electron chi connectivity index (χ4n) is 4.95. The zero-order valence-electron chi connectivity index (χ0n) is 23.3. The van der Waals surface area contributed by atoms with Crippen molar-refractivity contribution in [1.29, 1.82) is 0 Å². The van der Waals surface area contributed by atoms with Crippen LogP contribution in [-0.4, -0.2) is 32.0 Å². The molecule has 5 rings (SSSR count). The predicted molar refractivity (Wildman–Crippen MR) is 168 cm³/mol. The second-order valence-corrected chi connectivity index (χ2v) is 9.89. The number of fused-ring (bicyclic) bond motifs is 1. The highest BCUT2D eigenvalue weighted by atomic mass is 35.5. The summed E-state index contributed by atoms with van der Waals surface area (Å²) in [5.74, 6) is -1.88. The van der Waals surface area contributed by atoms with Crippen LogP contribution in [0.5, 0.6) is 0 Å². The molecule has 9 nitrogen and oxygen atoms in total. The minimum atomic E-state index is -0.712. The lowest BCUT2D eigenvalue weighted by Gasteiger charge is -2.20. The van der Waals surface area contributed by atoms with Crippen LogP contribution in [-0.2, 0) is 17.8 Å². The number of anilines is 2. The summed E-state index contributed by atoms with van der Waals surface area (Å²) in [6.45, 7) is 4.02. The van der Waals surface area contributed by atoms with Gasteiger partial charge in [0.15, 0.2) is 5.82 Å². The smallest absolute Gasteiger partial charge is 0.294 e. The molecule has 4 N–H and O–H groups in total. The number of hydrogen-bond acceptors (Lipinski definition) is 7. The van der Waals surface area contributed by atoms with Crippen LogP contribution in [0.4, 0.5) is 20.4 Å². The summed E-state index contributed by atoms with van der Waals surface area (Å²) in [7, 11) is 0. The van der Waals surface area contributed by atoms with Crippen molar-refractivity contribution in [2.45, 2.75) is 45.2 Å². The number of halogens is 5. The van der Waals surface area contributed by atoms with E-state index >= 15 is 0 Å². The Hall–Kier alpha value is -3.80. The SMILES string of the molecule is Cc1ccc([C@H](CNc2ncc3n(c2=O)[C@H](C(=O)NCc2ccc(N)nc2C)CC3)c2ccc(F)cc2F)nc1.Cl.Cl.Cl. The molecule has 1 aromatic carbocycles. The number of amides is 1. The molecule has 43 heavy (non-hydrogen) atoms. The van der Waals surface area contributed by atoms with Gasteiger partial charge in [0.05, 0.1) is 0 Å². The van der Waals surface area contributed by atoms with E-state index in [4.69, 9.17) is 5.73 Å². The van der Waals surface area contributed by atoms with Gasteiger partial charge >= 0.3 is 0 Å². The summed E-state index contributed by atoms with van der Waals surface area (Å²) in [4.78, 5) is 39.5. The topological polar surface area (TPSA) is 128 Å². The summed E-state index contributed by atoms with van der Waals surface area (Å²) < 4.78 is 29.9. The molecule has 2 atom stereocenters. The van der Waals surface area contributed by atoms with E-state index in [9.17, 15) is 18.4 Å². The van der Waals surface area contributed by atoms with Crippen molar-refractivity contribution in [2.24, 2.45) is 0 Å². The van der Waals surface area contributed by atoms with Crippen molar-refractivity contribution in [1.82, 2.24) is 24.8 Å². The van der Waals surface area contributed by atoms with Gasteiger partial charge in [0.2, 0.25) is 5.91 Å². The van der Waals surface area contributed by atoms with Gasteiger partial charge < -0.3 is 16.4 Å². The first kappa shape index (κ1) is 35.4. The van der Waals surface area contributed by atoms with Crippen LogP contribution in [0.2, 0.25) is 0 Å². The number of rotatable bonds is 8. The first-order valence-electron chi connectivity index (χ1n) is 12.9. The molecular formula is C29H32Cl3F2N7O2. The minimum absolute atomic E-state index is 0. The van der Waals surface area contributed by atoms with Gasteiger partial charge in [-0.2, -0.15) is 0 Å². The van der Waals surface area contributed by atoms with E-state index in [-0.39, 0.29) is 67.6 Å². The highest BCUT2D eigenvalue weighted by molar-refractivity contribution is 5.86. The van der Waals surface area contributed by atoms with Crippen molar-refractivity contribution in [3.05, 3.63) is 111 Å². The molecule has 3 aromatic heterocycles. The van der Waals surface area contributed by atoms with Crippen LogP contribution in [0.15, 0.2) is 59.7 Å². The number of nitrogen functional groups attached to an aromatic ring is 1. The van der Waals surface area contributed by atoms with Gasteiger partial charge in [0.1, 0.15) is 23.5 Å². The van der Waals surface area contributed by atoms with Crippen molar-refractivity contribution >= 4 is 54.8 Å². The number of aryl methyl sites for hydroxylation is 3. The molecule has 0 saturated carbocycles. The van der Waals surface area contributed by atoms with E-state index < -0.39 is 29.2 Å². The molecular weight excluding hydrogens is 623 g/mol. The standard InChI is InChI=1S/C29H29F2N7O2.3ClH/c1-16-3-8-24(33-12-16)22(21-7-5-19(30)11-23(21)31)15-35-27-29(40)38-20(14-34-27)6-9-25(38)28(39)36-13-18-4-10-26(32)37-17(18)2;;;/h3-5,7-8,10-12,14,22,25H,6,9,13,15H2,1-2H3,(H2,32,37)(H,34,35)(H,36,39);3*1H/t22-,25+;;;/m1.../s1. The van der Waals surface area contributed by atoms with Crippen LogP contribution < -0.4 is 21.9 Å². The number of nitrogens with two attached hydrogens (primary N) is 1. The number of benzene rings is 1. The fourth-order valence-corrected chi connectivity index (χ4v) is 4.95. The number of hydrogen-bond donors (Lipinski definition) is 3. The predicted octanol–water partition coefficient (Wildman–Crippen LogP) is 4.82. The number of nitrogens with zero attached hydrogens (tertiary/aromatic N) is 4. The van der Waals surface area contributed by atoms with E-state index in [2.05, 4.69) is 25.6 Å². The maximum absolute atomic E-state index is 14.8. The van der Waals surface area contributed by atoms with E-state index in [1.165, 1.54) is 16.7 Å². The molecule has 0 unspecified atom stereocenters. The zero-order valence-corrected chi connectivity index (χ0v) is 25.8. The summed E-state index contributed by atoms with van der Waals surface area (Å²) in [6, 6.07) is 9.79. The van der Waals surface area contributed by atoms with Crippen molar-refractivity contribution < 1.29 is 13.6 Å². The van der Waals surface area contributed by atoms with Crippen molar-refractivity contribution in [3.8, 4) is 0 Å². The van der Waals surface area contributed by atoms with Gasteiger partial charge in [-0.3, -0.25) is 19.1 Å². The van der Waals surface area contributed by atoms with Crippen LogP contribution in [0.3, 0.4) is 0 Å². The maximum Gasteiger partial charge on any atom is 0.294 e. The molecule has 0 spiro atoms. The second kappa shape index (κ2) is 15.1. The van der Waals surface area contributed by atoms with Crippen molar-refractivity contribution in [2.75, 3.05) is 17.6 Å². The normalized spacial score (nSPS) is 13.9. The molecule has 4 heterocycles. The molecule has 0 radical (unpaired) electrons. The first-order chi connectivity index (χ1) is 19.2. The molecule has 0 saturated heterocycles. The van der Waals surface area contributed by atoms with Gasteiger partial charge in [-0.05, 0) is 61.6 Å². The molecule has 0 fully saturated rings. The Morgan fingerprint density at radius 3 is 2.51 bits per heavy atom. The number of carbonyl (C=O) groups excluding carboxylic acids is 1. The maximum atomic E-state index is 14.8. The van der Waals surface area contributed by atoms with Gasteiger partial charge in [-0.25, -0.2) is 18.7 Å². The van der Waals surface area contributed by atoms with E-state index in [1.54, 1.807) is 24.5 Å². The molecule has 14 heteroatoms. The highest BCUT2D eigenvalue weighted by Crippen LogP contribution is 2.28. The Morgan fingerprint density at radius 2 is 1.84 bits per heavy atom. The van der Waals surface area contributed by atoms with E-state index in [0.29, 0.717) is 30.0 Å². The largest absolute Gasteiger partial charge is 0.384 e. The van der Waals surface area contributed by atoms with Gasteiger partial charge in [-0.15, -0.1) is 37.2 Å². The van der Waals surface area contributed by atoms with Crippen LogP contribution >= 0.6 is 37.2 Å². The Balaban J connectivity index is 0.00000215. The summed E-state index contributed by atoms with van der Waals surface area (Å²) >= 11 is 0. The molecule has 0 bridgehead atoms. The Kier molecular flexibility index (Phi) is 12.4. The molecule has 1 amide bonds. The first-order valence-corrected chi connectivity index (χ1v) is 12.9. The van der Waals surface area contributed by atoms with Crippen LogP contribution in [0, 0.1) is 25.5 Å². The third-order valence-corrected chi connectivity index (χ3v) is 7.13. The van der Waals surface area contributed by atoms with Gasteiger partial charge in [0, 0.05) is 54.5 Å². The Bertz CT molecular complexity index is 1640. The van der Waals surface area contributed by atoms with E-state index in [1.807, 2.05) is 26.0 Å². The summed E-state index contributed by atoms with van der Waals surface area (Å²) in [5.41, 5.74) is 9.18. The minimum Gasteiger partial charge on any atom is -0.384 e. The van der Waals surface area contributed by atoms with Gasteiger partial charge in [-0.1, -0.05) is 18.2 Å². The van der Waals surface area contributed by atoms with Crippen LogP contribution in [0.1, 0.15) is 52.2 Å². The molecule has 230 valence electrons. The fraction of sp³-hybridized carbons (Fsp3) is 0.276. The molecule has 1 aliphatic heterocycles. The Labute approximate surface area is 266 Å². The van der Waals surface area contributed by atoms with Crippen molar-refractivity contribution in [3.63, 3.8) is 0 Å². The molecule has 1 aliphatic rings.